The number of rotatable bonds is 2. The maximum atomic E-state index is 4.48. The number of anilines is 1. The van der Waals surface area contributed by atoms with Crippen molar-refractivity contribution in [3.05, 3.63) is 22.8 Å². The monoisotopic (exact) mass is 295 g/mol. The largest absolute Gasteiger partial charge is 0.355 e. The van der Waals surface area contributed by atoms with Crippen LogP contribution in [0.1, 0.15) is 19.3 Å². The molecule has 2 aliphatic rings. The third-order valence-electron chi connectivity index (χ3n) is 3.86. The second-order valence-electron chi connectivity index (χ2n) is 4.97. The summed E-state index contributed by atoms with van der Waals surface area (Å²) >= 11 is 3.43. The topological polar surface area (TPSA) is 19.4 Å². The normalized spacial score (nSPS) is 25.7. The van der Waals surface area contributed by atoms with Crippen LogP contribution in [0.2, 0.25) is 0 Å². The molecule has 0 bridgehead atoms. The summed E-state index contributed by atoms with van der Waals surface area (Å²) in [4.78, 5) is 9.55. The van der Waals surface area contributed by atoms with Crippen molar-refractivity contribution in [3.8, 4) is 0 Å². The van der Waals surface area contributed by atoms with Gasteiger partial charge in [-0.15, -0.1) is 0 Å². The predicted molar refractivity (Wildman–Crippen MR) is 73.4 cm³/mol. The van der Waals surface area contributed by atoms with Gasteiger partial charge < -0.3 is 4.90 Å². The Morgan fingerprint density at radius 1 is 1.18 bits per heavy atom. The summed E-state index contributed by atoms with van der Waals surface area (Å²) in [5.41, 5.74) is 0. The zero-order chi connectivity index (χ0) is 11.7. The lowest BCUT2D eigenvalue weighted by atomic mass is 10.2. The van der Waals surface area contributed by atoms with Crippen LogP contribution in [0.5, 0.6) is 0 Å². The molecule has 1 aromatic heterocycles. The number of likely N-dealkylation sites (tertiary alicyclic amines) is 1. The highest BCUT2D eigenvalue weighted by molar-refractivity contribution is 9.10. The molecule has 0 saturated carbocycles. The molecule has 0 radical (unpaired) electrons. The Morgan fingerprint density at radius 2 is 2.00 bits per heavy atom. The summed E-state index contributed by atoms with van der Waals surface area (Å²) in [5, 5.41) is 0. The molecule has 1 atom stereocenters. The summed E-state index contributed by atoms with van der Waals surface area (Å²) in [5.74, 6) is 1.12. The smallest absolute Gasteiger partial charge is 0.128 e. The molecule has 0 aliphatic carbocycles. The molecule has 3 nitrogen and oxygen atoms in total. The van der Waals surface area contributed by atoms with Gasteiger partial charge in [-0.1, -0.05) is 0 Å². The molecule has 92 valence electrons. The van der Waals surface area contributed by atoms with E-state index >= 15 is 0 Å². The van der Waals surface area contributed by atoms with Gasteiger partial charge in [0.2, 0.25) is 0 Å². The first-order valence-corrected chi connectivity index (χ1v) is 7.23. The fourth-order valence-corrected chi connectivity index (χ4v) is 3.14. The molecule has 0 N–H and O–H groups in total. The van der Waals surface area contributed by atoms with Gasteiger partial charge in [-0.25, -0.2) is 4.98 Å². The van der Waals surface area contributed by atoms with Crippen molar-refractivity contribution in [3.63, 3.8) is 0 Å². The summed E-state index contributed by atoms with van der Waals surface area (Å²) in [7, 11) is 0. The highest BCUT2D eigenvalue weighted by atomic mass is 79.9. The van der Waals surface area contributed by atoms with Crippen molar-refractivity contribution in [2.75, 3.05) is 31.1 Å². The van der Waals surface area contributed by atoms with Crippen LogP contribution in [0.4, 0.5) is 5.82 Å². The molecule has 1 unspecified atom stereocenters. The highest BCUT2D eigenvalue weighted by Gasteiger charge is 2.29. The van der Waals surface area contributed by atoms with E-state index in [0.29, 0.717) is 0 Å². The first-order valence-electron chi connectivity index (χ1n) is 6.43. The Labute approximate surface area is 111 Å². The molecule has 2 aliphatic heterocycles. The Kier molecular flexibility index (Phi) is 3.34. The van der Waals surface area contributed by atoms with Gasteiger partial charge in [0.05, 0.1) is 0 Å². The first-order chi connectivity index (χ1) is 8.33. The number of nitrogens with zero attached hydrogens (tertiary/aromatic N) is 3. The molecule has 17 heavy (non-hydrogen) atoms. The van der Waals surface area contributed by atoms with Gasteiger partial charge >= 0.3 is 0 Å². The van der Waals surface area contributed by atoms with E-state index in [4.69, 9.17) is 0 Å². The molecule has 3 rings (SSSR count). The molecule has 0 spiro atoms. The highest BCUT2D eigenvalue weighted by Crippen LogP contribution is 2.24. The lowest BCUT2D eigenvalue weighted by Crippen LogP contribution is -2.35. The molecule has 4 heteroatoms. The first kappa shape index (κ1) is 11.5. The Balaban J connectivity index is 1.65. The van der Waals surface area contributed by atoms with E-state index in [1.165, 1.54) is 32.4 Å². The molecular formula is C13H18BrN3. The van der Waals surface area contributed by atoms with E-state index in [-0.39, 0.29) is 0 Å². The van der Waals surface area contributed by atoms with Crippen molar-refractivity contribution in [2.24, 2.45) is 0 Å². The summed E-state index contributed by atoms with van der Waals surface area (Å²) in [6.45, 7) is 4.89. The maximum Gasteiger partial charge on any atom is 0.128 e. The maximum absolute atomic E-state index is 4.48. The van der Waals surface area contributed by atoms with E-state index in [1.807, 2.05) is 6.20 Å². The lowest BCUT2D eigenvalue weighted by Gasteiger charge is -2.24. The lowest BCUT2D eigenvalue weighted by molar-refractivity contribution is 0.260. The molecule has 0 aromatic carbocycles. The molecule has 2 fully saturated rings. The van der Waals surface area contributed by atoms with Crippen molar-refractivity contribution in [1.82, 2.24) is 9.88 Å². The Bertz CT molecular complexity index is 373. The summed E-state index contributed by atoms with van der Waals surface area (Å²) < 4.78 is 1.05. The summed E-state index contributed by atoms with van der Waals surface area (Å²) in [6, 6.07) is 4.94. The quantitative estimate of drug-likeness (QED) is 0.836. The molecule has 1 aromatic rings. The Morgan fingerprint density at radius 3 is 2.71 bits per heavy atom. The van der Waals surface area contributed by atoms with Gasteiger partial charge in [-0.3, -0.25) is 4.90 Å². The number of aromatic nitrogens is 1. The van der Waals surface area contributed by atoms with E-state index < -0.39 is 0 Å². The van der Waals surface area contributed by atoms with Crippen molar-refractivity contribution in [1.29, 1.82) is 0 Å². The van der Waals surface area contributed by atoms with E-state index in [2.05, 4.69) is 42.8 Å². The molecule has 0 amide bonds. The van der Waals surface area contributed by atoms with Crippen LogP contribution in [-0.2, 0) is 0 Å². The zero-order valence-corrected chi connectivity index (χ0v) is 11.6. The average molecular weight is 296 g/mol. The minimum absolute atomic E-state index is 0.753. The van der Waals surface area contributed by atoms with Gasteiger partial charge in [0, 0.05) is 29.8 Å². The van der Waals surface area contributed by atoms with Gasteiger partial charge in [-0.05, 0) is 60.4 Å². The van der Waals surface area contributed by atoms with Gasteiger partial charge in [0.25, 0.3) is 0 Å². The number of hydrogen-bond donors (Lipinski definition) is 0. The van der Waals surface area contributed by atoms with E-state index in [1.54, 1.807) is 0 Å². The van der Waals surface area contributed by atoms with Gasteiger partial charge in [0.1, 0.15) is 5.82 Å². The fraction of sp³-hybridized carbons (Fsp3) is 0.615. The Hall–Kier alpha value is -0.610. The van der Waals surface area contributed by atoms with Crippen molar-refractivity contribution in [2.45, 2.75) is 25.3 Å². The van der Waals surface area contributed by atoms with Crippen LogP contribution in [0.15, 0.2) is 22.8 Å². The second-order valence-corrected chi connectivity index (χ2v) is 5.88. The fourth-order valence-electron chi connectivity index (χ4n) is 2.91. The van der Waals surface area contributed by atoms with Crippen molar-refractivity contribution >= 4 is 21.7 Å². The average Bonchev–Trinajstić information content (AvgIpc) is 3.00. The molecule has 2 saturated heterocycles. The zero-order valence-electron chi connectivity index (χ0n) is 9.98. The second kappa shape index (κ2) is 4.94. The standard InChI is InChI=1S/C13H18BrN3/c14-11-3-4-13(15-9-11)17-8-5-12(10-17)16-6-1-2-7-16/h3-4,9,12H,1-2,5-8,10H2. The number of pyridine rings is 1. The number of halogens is 1. The SMILES string of the molecule is Brc1ccc(N2CCC(N3CCCC3)C2)nc1. The third kappa shape index (κ3) is 2.47. The van der Waals surface area contributed by atoms with Crippen LogP contribution in [0, 0.1) is 0 Å². The summed E-state index contributed by atoms with van der Waals surface area (Å²) in [6.07, 6.45) is 5.94. The van der Waals surface area contributed by atoms with Crippen molar-refractivity contribution < 1.29 is 0 Å². The van der Waals surface area contributed by atoms with E-state index in [0.717, 1.165) is 29.4 Å². The third-order valence-corrected chi connectivity index (χ3v) is 4.33. The molecular weight excluding hydrogens is 278 g/mol. The molecule has 3 heterocycles. The van der Waals surface area contributed by atoms with Gasteiger partial charge in [-0.2, -0.15) is 0 Å². The minimum atomic E-state index is 0.753. The van der Waals surface area contributed by atoms with Crippen LogP contribution in [0.3, 0.4) is 0 Å². The van der Waals surface area contributed by atoms with Gasteiger partial charge in [0.15, 0.2) is 0 Å². The van der Waals surface area contributed by atoms with Crippen LogP contribution in [-0.4, -0.2) is 42.1 Å². The van der Waals surface area contributed by atoms with Crippen LogP contribution in [0.25, 0.3) is 0 Å². The predicted octanol–water partition coefficient (Wildman–Crippen LogP) is 2.52. The van der Waals surface area contributed by atoms with Crippen LogP contribution >= 0.6 is 15.9 Å². The minimum Gasteiger partial charge on any atom is -0.355 e. The number of hydrogen-bond acceptors (Lipinski definition) is 3. The van der Waals surface area contributed by atoms with Crippen LogP contribution < -0.4 is 4.90 Å². The van der Waals surface area contributed by atoms with E-state index in [9.17, 15) is 0 Å².